The Morgan fingerprint density at radius 3 is 3.17 bits per heavy atom. The molecule has 4 nitrogen and oxygen atoms in total. The molecular formula is C7H9NO3S. The van der Waals surface area contributed by atoms with E-state index in [-0.39, 0.29) is 13.2 Å². The van der Waals surface area contributed by atoms with Crippen LogP contribution >= 0.6 is 11.3 Å². The van der Waals surface area contributed by atoms with Gasteiger partial charge in [-0.3, -0.25) is 0 Å². The summed E-state index contributed by atoms with van der Waals surface area (Å²) in [5.74, 6) is -0.426. The minimum atomic E-state index is -0.426. The Balaban J connectivity index is 2.30. The van der Waals surface area contributed by atoms with Crippen LogP contribution in [0.25, 0.3) is 0 Å². The van der Waals surface area contributed by atoms with Gasteiger partial charge in [0.1, 0.15) is 0 Å². The van der Waals surface area contributed by atoms with Crippen molar-refractivity contribution in [2.24, 2.45) is 0 Å². The third kappa shape index (κ3) is 2.60. The van der Waals surface area contributed by atoms with Gasteiger partial charge in [0.25, 0.3) is 0 Å². The molecule has 0 radical (unpaired) electrons. The first kappa shape index (κ1) is 9.15. The maximum atomic E-state index is 11.0. The van der Waals surface area contributed by atoms with Crippen LogP contribution in [-0.2, 0) is 4.74 Å². The second-order valence-electron chi connectivity index (χ2n) is 2.09. The van der Waals surface area contributed by atoms with E-state index in [1.807, 2.05) is 0 Å². The van der Waals surface area contributed by atoms with Crippen LogP contribution in [0.15, 0.2) is 10.9 Å². The van der Waals surface area contributed by atoms with Gasteiger partial charge in [-0.1, -0.05) is 0 Å². The first-order valence-electron chi connectivity index (χ1n) is 3.51. The molecule has 0 fully saturated rings. The van der Waals surface area contributed by atoms with Crippen LogP contribution in [0.3, 0.4) is 0 Å². The molecule has 0 saturated heterocycles. The molecule has 0 amide bonds. The zero-order valence-corrected chi connectivity index (χ0v) is 7.21. The maximum absolute atomic E-state index is 11.0. The van der Waals surface area contributed by atoms with Crippen LogP contribution in [0, 0.1) is 0 Å². The normalized spacial score (nSPS) is 9.75. The summed E-state index contributed by atoms with van der Waals surface area (Å²) in [5.41, 5.74) is 1.90. The molecule has 0 bridgehead atoms. The summed E-state index contributed by atoms with van der Waals surface area (Å²) < 4.78 is 4.77. The third-order valence-corrected chi connectivity index (χ3v) is 1.76. The van der Waals surface area contributed by atoms with E-state index in [0.717, 1.165) is 0 Å². The SMILES string of the molecule is O=C(OCCCO)c1cscn1. The van der Waals surface area contributed by atoms with E-state index < -0.39 is 5.97 Å². The highest BCUT2D eigenvalue weighted by molar-refractivity contribution is 7.07. The molecule has 0 aliphatic carbocycles. The lowest BCUT2D eigenvalue weighted by molar-refractivity contribution is 0.0476. The van der Waals surface area contributed by atoms with Crippen molar-refractivity contribution >= 4 is 17.3 Å². The van der Waals surface area contributed by atoms with Crippen molar-refractivity contribution in [1.82, 2.24) is 4.98 Å². The molecule has 0 unspecified atom stereocenters. The number of aromatic nitrogens is 1. The zero-order valence-electron chi connectivity index (χ0n) is 6.40. The fourth-order valence-corrected chi connectivity index (χ4v) is 1.14. The van der Waals surface area contributed by atoms with Crippen molar-refractivity contribution in [2.75, 3.05) is 13.2 Å². The minimum Gasteiger partial charge on any atom is -0.461 e. The highest BCUT2D eigenvalue weighted by Crippen LogP contribution is 2.02. The Hall–Kier alpha value is -0.940. The number of ether oxygens (including phenoxy) is 1. The summed E-state index contributed by atoms with van der Waals surface area (Å²) in [6, 6.07) is 0. The van der Waals surface area contributed by atoms with Crippen LogP contribution < -0.4 is 0 Å². The summed E-state index contributed by atoms with van der Waals surface area (Å²) in [7, 11) is 0. The average Bonchev–Trinajstić information content (AvgIpc) is 2.56. The van der Waals surface area contributed by atoms with E-state index in [2.05, 4.69) is 4.98 Å². The van der Waals surface area contributed by atoms with Crippen molar-refractivity contribution < 1.29 is 14.6 Å². The van der Waals surface area contributed by atoms with Gasteiger partial charge in [-0.05, 0) is 0 Å². The van der Waals surface area contributed by atoms with Gasteiger partial charge in [-0.25, -0.2) is 9.78 Å². The zero-order chi connectivity index (χ0) is 8.81. The Morgan fingerprint density at radius 1 is 1.75 bits per heavy atom. The molecular weight excluding hydrogens is 178 g/mol. The van der Waals surface area contributed by atoms with Gasteiger partial charge in [0.2, 0.25) is 0 Å². The first-order valence-corrected chi connectivity index (χ1v) is 4.45. The highest BCUT2D eigenvalue weighted by atomic mass is 32.1. The summed E-state index contributed by atoms with van der Waals surface area (Å²) >= 11 is 1.35. The van der Waals surface area contributed by atoms with Crippen LogP contribution in [0.2, 0.25) is 0 Å². The second-order valence-corrected chi connectivity index (χ2v) is 2.81. The first-order chi connectivity index (χ1) is 5.84. The summed E-state index contributed by atoms with van der Waals surface area (Å²) in [6.07, 6.45) is 0.468. The maximum Gasteiger partial charge on any atom is 0.357 e. The Kier molecular flexibility index (Phi) is 3.69. The lowest BCUT2D eigenvalue weighted by Gasteiger charge is -1.99. The number of aliphatic hydroxyl groups is 1. The van der Waals surface area contributed by atoms with Crippen molar-refractivity contribution in [1.29, 1.82) is 0 Å². The predicted molar refractivity (Wildman–Crippen MR) is 44.1 cm³/mol. The molecule has 1 heterocycles. The van der Waals surface area contributed by atoms with E-state index in [1.165, 1.54) is 11.3 Å². The van der Waals surface area contributed by atoms with Gasteiger partial charge in [0.05, 0.1) is 12.1 Å². The predicted octanol–water partition coefficient (Wildman–Crippen LogP) is 0.682. The topological polar surface area (TPSA) is 59.4 Å². The molecule has 0 aliphatic heterocycles. The molecule has 1 aromatic rings. The van der Waals surface area contributed by atoms with Gasteiger partial charge >= 0.3 is 5.97 Å². The number of rotatable bonds is 4. The Morgan fingerprint density at radius 2 is 2.58 bits per heavy atom. The third-order valence-electron chi connectivity index (χ3n) is 1.18. The summed E-state index contributed by atoms with van der Waals surface area (Å²) in [4.78, 5) is 14.8. The van der Waals surface area contributed by atoms with Crippen LogP contribution in [0.4, 0.5) is 0 Å². The quantitative estimate of drug-likeness (QED) is 0.556. The number of esters is 1. The number of carbonyl (C=O) groups excluding carboxylic acids is 1. The molecule has 0 saturated carbocycles. The largest absolute Gasteiger partial charge is 0.461 e. The van der Waals surface area contributed by atoms with E-state index in [9.17, 15) is 4.79 Å². The van der Waals surface area contributed by atoms with Gasteiger partial charge < -0.3 is 9.84 Å². The highest BCUT2D eigenvalue weighted by Gasteiger charge is 2.07. The van der Waals surface area contributed by atoms with Crippen molar-refractivity contribution in [3.63, 3.8) is 0 Å². The molecule has 0 atom stereocenters. The number of nitrogens with zero attached hydrogens (tertiary/aromatic N) is 1. The van der Waals surface area contributed by atoms with Crippen molar-refractivity contribution in [2.45, 2.75) is 6.42 Å². The molecule has 0 aromatic carbocycles. The standard InChI is InChI=1S/C7H9NO3S/c9-2-1-3-11-7(10)6-4-12-5-8-6/h4-5,9H,1-3H2. The Bertz CT molecular complexity index is 235. The fourth-order valence-electron chi connectivity index (χ4n) is 0.617. The van der Waals surface area contributed by atoms with Crippen molar-refractivity contribution in [3.8, 4) is 0 Å². The molecule has 1 rings (SSSR count). The van der Waals surface area contributed by atoms with E-state index >= 15 is 0 Å². The fraction of sp³-hybridized carbons (Fsp3) is 0.429. The van der Waals surface area contributed by atoms with Gasteiger partial charge in [-0.2, -0.15) is 0 Å². The van der Waals surface area contributed by atoms with E-state index in [4.69, 9.17) is 9.84 Å². The molecule has 1 aromatic heterocycles. The molecule has 12 heavy (non-hydrogen) atoms. The molecule has 5 heteroatoms. The average molecular weight is 187 g/mol. The van der Waals surface area contributed by atoms with Crippen LogP contribution in [0.1, 0.15) is 16.9 Å². The monoisotopic (exact) mass is 187 g/mol. The number of thiazole rings is 1. The van der Waals surface area contributed by atoms with Crippen LogP contribution in [0.5, 0.6) is 0 Å². The second kappa shape index (κ2) is 4.84. The molecule has 66 valence electrons. The summed E-state index contributed by atoms with van der Waals surface area (Å²) in [5, 5.41) is 10.0. The van der Waals surface area contributed by atoms with Crippen molar-refractivity contribution in [3.05, 3.63) is 16.6 Å². The number of carbonyl (C=O) groups is 1. The number of hydrogen-bond acceptors (Lipinski definition) is 5. The lowest BCUT2D eigenvalue weighted by Crippen LogP contribution is -2.07. The van der Waals surface area contributed by atoms with Gasteiger partial charge in [-0.15, -0.1) is 11.3 Å². The number of aliphatic hydroxyl groups excluding tert-OH is 1. The molecule has 0 spiro atoms. The smallest absolute Gasteiger partial charge is 0.357 e. The van der Waals surface area contributed by atoms with E-state index in [1.54, 1.807) is 10.9 Å². The number of hydrogen-bond donors (Lipinski definition) is 1. The minimum absolute atomic E-state index is 0.0321. The molecule has 0 aliphatic rings. The van der Waals surface area contributed by atoms with Gasteiger partial charge in [0.15, 0.2) is 5.69 Å². The van der Waals surface area contributed by atoms with E-state index in [0.29, 0.717) is 12.1 Å². The molecule has 1 N–H and O–H groups in total. The Labute approximate surface area is 73.8 Å². The van der Waals surface area contributed by atoms with Gasteiger partial charge in [0, 0.05) is 18.4 Å². The lowest BCUT2D eigenvalue weighted by atomic mass is 10.5. The van der Waals surface area contributed by atoms with Crippen LogP contribution in [-0.4, -0.2) is 29.3 Å². The summed E-state index contributed by atoms with van der Waals surface area (Å²) in [6.45, 7) is 0.275.